The standard InChI is InChI=1S/C37H42N8O3/c1-21(46)42-18-27(19-42)28-6-4-5-24-12-31(43(34(24)28)16-22-7-8-22)36-40-29-11-26(37(47)44-20-25-9-10-30(44)33(25)38)13-32(48-3)35(29)45(36)17-23-14-39-41(2)15-23/h4-6,11-15,22,25,27,30,33H,7-10,16-20,38H2,1-3H3/t25-,30-,33-/m1/s1. The van der Waals surface area contributed by atoms with Crippen molar-refractivity contribution in [3.05, 3.63) is 65.5 Å². The van der Waals surface area contributed by atoms with Gasteiger partial charge in [-0.05, 0) is 61.3 Å². The zero-order chi connectivity index (χ0) is 32.8. The first-order valence-electron chi connectivity index (χ1n) is 17.3. The van der Waals surface area contributed by atoms with Crippen LogP contribution in [0.5, 0.6) is 5.75 Å². The van der Waals surface area contributed by atoms with Crippen molar-refractivity contribution in [2.24, 2.45) is 24.6 Å². The maximum atomic E-state index is 14.0. The first-order valence-corrected chi connectivity index (χ1v) is 17.3. The molecular formula is C37H42N8O3. The third-order valence-electron chi connectivity index (χ3n) is 11.4. The molecule has 11 heteroatoms. The summed E-state index contributed by atoms with van der Waals surface area (Å²) in [5, 5.41) is 5.63. The van der Waals surface area contributed by atoms with Crippen molar-refractivity contribution in [1.82, 2.24) is 33.7 Å². The van der Waals surface area contributed by atoms with Gasteiger partial charge in [0, 0.05) is 80.9 Å². The number of nitrogens with two attached hydrogens (primary N) is 1. The Morgan fingerprint density at radius 3 is 2.52 bits per heavy atom. The zero-order valence-corrected chi connectivity index (χ0v) is 27.8. The summed E-state index contributed by atoms with van der Waals surface area (Å²) in [6.45, 7) is 5.30. The second-order valence-electron chi connectivity index (χ2n) is 14.5. The number of piperidine rings is 1. The fourth-order valence-electron chi connectivity index (χ4n) is 8.59. The maximum Gasteiger partial charge on any atom is 0.254 e. The van der Waals surface area contributed by atoms with E-state index in [1.54, 1.807) is 14.0 Å². The van der Waals surface area contributed by atoms with Crippen molar-refractivity contribution in [2.45, 2.75) is 63.7 Å². The summed E-state index contributed by atoms with van der Waals surface area (Å²) in [6, 6.07) is 12.8. The molecule has 2 bridgehead atoms. The minimum Gasteiger partial charge on any atom is -0.494 e. The number of likely N-dealkylation sites (tertiary alicyclic amines) is 2. The fourth-order valence-corrected chi connectivity index (χ4v) is 8.59. The molecule has 2 saturated heterocycles. The van der Waals surface area contributed by atoms with E-state index in [1.807, 2.05) is 46.1 Å². The van der Waals surface area contributed by atoms with Gasteiger partial charge in [-0.2, -0.15) is 5.10 Å². The maximum absolute atomic E-state index is 14.0. The molecule has 2 aliphatic carbocycles. The highest BCUT2D eigenvalue weighted by Gasteiger charge is 2.47. The second kappa shape index (κ2) is 10.9. The van der Waals surface area contributed by atoms with Gasteiger partial charge in [0.15, 0.2) is 5.82 Å². The number of hydrogen-bond donors (Lipinski definition) is 1. The molecule has 0 radical (unpaired) electrons. The number of nitrogens with zero attached hydrogens (tertiary/aromatic N) is 7. The Hall–Kier alpha value is -4.64. The van der Waals surface area contributed by atoms with Crippen LogP contribution in [0.25, 0.3) is 33.5 Å². The summed E-state index contributed by atoms with van der Waals surface area (Å²) in [6.07, 6.45) is 8.41. The van der Waals surface area contributed by atoms with Gasteiger partial charge in [0.2, 0.25) is 5.91 Å². The van der Waals surface area contributed by atoms with E-state index < -0.39 is 0 Å². The van der Waals surface area contributed by atoms with Crippen LogP contribution in [0.15, 0.2) is 48.8 Å². The van der Waals surface area contributed by atoms with Crippen LogP contribution in [0.1, 0.15) is 60.0 Å². The van der Waals surface area contributed by atoms with E-state index in [4.69, 9.17) is 15.5 Å². The molecular weight excluding hydrogens is 604 g/mol. The SMILES string of the molecule is COc1cc(C(=O)N2C[C@H]3CC[C@@H]2[C@@H]3N)cc2nc(-c3cc4cccc(C5CN(C(C)=O)C5)c4n3CC3CC3)n(Cc3cnn(C)c3)c12. The minimum absolute atomic E-state index is 0.00574. The molecule has 5 heterocycles. The number of fused-ring (bicyclic) bond motifs is 4. The summed E-state index contributed by atoms with van der Waals surface area (Å²) in [5.41, 5.74) is 13.3. The molecule has 5 aromatic rings. The molecule has 2 amide bonds. The number of imidazole rings is 1. The van der Waals surface area contributed by atoms with Gasteiger partial charge in [0.05, 0.1) is 36.6 Å². The predicted molar refractivity (Wildman–Crippen MR) is 183 cm³/mol. The number of ether oxygens (including phenoxy) is 1. The van der Waals surface area contributed by atoms with Gasteiger partial charge in [-0.25, -0.2) is 4.98 Å². The van der Waals surface area contributed by atoms with Gasteiger partial charge in [0.1, 0.15) is 11.3 Å². The lowest BCUT2D eigenvalue weighted by molar-refractivity contribution is -0.133. The van der Waals surface area contributed by atoms with E-state index in [2.05, 4.69) is 38.5 Å². The molecule has 2 aromatic carbocycles. The van der Waals surface area contributed by atoms with Crippen LogP contribution in [0.4, 0.5) is 0 Å². The molecule has 48 heavy (non-hydrogen) atoms. The van der Waals surface area contributed by atoms with Gasteiger partial charge >= 0.3 is 0 Å². The number of methoxy groups -OCH3 is 1. The normalized spacial score (nSPS) is 22.3. The van der Waals surface area contributed by atoms with E-state index in [0.717, 1.165) is 60.6 Å². The van der Waals surface area contributed by atoms with Crippen molar-refractivity contribution in [1.29, 1.82) is 0 Å². The van der Waals surface area contributed by atoms with Crippen LogP contribution in [0.3, 0.4) is 0 Å². The number of carbonyl (C=O) groups excluding carboxylic acids is 2. The molecule has 11 nitrogen and oxygen atoms in total. The molecule has 4 aliphatic rings. The number of amides is 2. The van der Waals surface area contributed by atoms with Crippen LogP contribution >= 0.6 is 0 Å². The largest absolute Gasteiger partial charge is 0.494 e. The highest BCUT2D eigenvalue weighted by atomic mass is 16.5. The lowest BCUT2D eigenvalue weighted by Crippen LogP contribution is -2.47. The Morgan fingerprint density at radius 1 is 1.02 bits per heavy atom. The van der Waals surface area contributed by atoms with Gasteiger partial charge < -0.3 is 29.4 Å². The van der Waals surface area contributed by atoms with Gasteiger partial charge in [0.25, 0.3) is 5.91 Å². The highest BCUT2D eigenvalue weighted by molar-refractivity contribution is 6.01. The van der Waals surface area contributed by atoms with E-state index in [1.165, 1.54) is 29.3 Å². The average Bonchev–Trinajstić information content (AvgIpc) is 3.31. The number of aromatic nitrogens is 5. The first-order chi connectivity index (χ1) is 23.3. The zero-order valence-electron chi connectivity index (χ0n) is 27.8. The molecule has 3 aromatic heterocycles. The Morgan fingerprint density at radius 2 is 1.85 bits per heavy atom. The second-order valence-corrected chi connectivity index (χ2v) is 14.5. The quantitative estimate of drug-likeness (QED) is 0.268. The molecule has 3 atom stereocenters. The number of hydrogen-bond acceptors (Lipinski definition) is 6. The molecule has 9 rings (SSSR count). The van der Waals surface area contributed by atoms with Gasteiger partial charge in [-0.15, -0.1) is 0 Å². The molecule has 2 saturated carbocycles. The van der Waals surface area contributed by atoms with E-state index >= 15 is 0 Å². The Labute approximate surface area is 279 Å². The van der Waals surface area contributed by atoms with Crippen LogP contribution in [-0.4, -0.2) is 84.3 Å². The van der Waals surface area contributed by atoms with Crippen molar-refractivity contribution < 1.29 is 14.3 Å². The average molecular weight is 647 g/mol. The number of benzene rings is 2. The van der Waals surface area contributed by atoms with Crippen molar-refractivity contribution >= 4 is 33.8 Å². The van der Waals surface area contributed by atoms with Gasteiger partial charge in [-0.3, -0.25) is 14.3 Å². The first kappa shape index (κ1) is 29.5. The van der Waals surface area contributed by atoms with E-state index in [-0.39, 0.29) is 23.9 Å². The number of aryl methyl sites for hydroxylation is 1. The molecule has 248 valence electrons. The Bertz CT molecular complexity index is 2100. The Balaban J connectivity index is 1.21. The van der Waals surface area contributed by atoms with Crippen LogP contribution in [0, 0.1) is 11.8 Å². The molecule has 0 unspecified atom stereocenters. The van der Waals surface area contributed by atoms with Crippen molar-refractivity contribution in [3.63, 3.8) is 0 Å². The third-order valence-corrected chi connectivity index (χ3v) is 11.4. The lowest BCUT2D eigenvalue weighted by Gasteiger charge is -2.39. The summed E-state index contributed by atoms with van der Waals surface area (Å²) >= 11 is 0. The molecule has 2 N–H and O–H groups in total. The monoisotopic (exact) mass is 646 g/mol. The van der Waals surface area contributed by atoms with Crippen molar-refractivity contribution in [2.75, 3.05) is 26.7 Å². The molecule has 4 fully saturated rings. The van der Waals surface area contributed by atoms with Crippen LogP contribution < -0.4 is 10.5 Å². The smallest absolute Gasteiger partial charge is 0.254 e. The highest BCUT2D eigenvalue weighted by Crippen LogP contribution is 2.42. The minimum atomic E-state index is -0.00574. The topological polar surface area (TPSA) is 116 Å². The number of rotatable bonds is 8. The molecule has 2 aliphatic heterocycles. The van der Waals surface area contributed by atoms with E-state index in [0.29, 0.717) is 42.2 Å². The van der Waals surface area contributed by atoms with Crippen LogP contribution in [0.2, 0.25) is 0 Å². The number of para-hydroxylation sites is 1. The summed E-state index contributed by atoms with van der Waals surface area (Å²) in [7, 11) is 3.59. The van der Waals surface area contributed by atoms with Crippen LogP contribution in [-0.2, 0) is 24.9 Å². The lowest BCUT2D eigenvalue weighted by atomic mass is 9.90. The summed E-state index contributed by atoms with van der Waals surface area (Å²) < 4.78 is 12.6. The third kappa shape index (κ3) is 4.65. The predicted octanol–water partition coefficient (Wildman–Crippen LogP) is 4.37. The summed E-state index contributed by atoms with van der Waals surface area (Å²) in [4.78, 5) is 35.3. The van der Waals surface area contributed by atoms with Gasteiger partial charge in [-0.1, -0.05) is 18.2 Å². The molecule has 0 spiro atoms. The van der Waals surface area contributed by atoms with Crippen molar-refractivity contribution in [3.8, 4) is 17.3 Å². The van der Waals surface area contributed by atoms with E-state index in [9.17, 15) is 9.59 Å². The number of carbonyl (C=O) groups is 2. The Kier molecular flexibility index (Phi) is 6.73. The summed E-state index contributed by atoms with van der Waals surface area (Å²) in [5.74, 6) is 2.88. The fraction of sp³-hybridized carbons (Fsp3) is 0.459.